The number of benzene rings is 1. The van der Waals surface area contributed by atoms with Crippen LogP contribution in [0.3, 0.4) is 0 Å². The molecule has 1 heterocycles. The van der Waals surface area contributed by atoms with Crippen molar-refractivity contribution in [3.05, 3.63) is 30.1 Å². The minimum absolute atomic E-state index is 0.162. The summed E-state index contributed by atoms with van der Waals surface area (Å²) >= 11 is 0. The van der Waals surface area contributed by atoms with Crippen LogP contribution in [0.1, 0.15) is 57.2 Å². The van der Waals surface area contributed by atoms with Crippen LogP contribution in [0.5, 0.6) is 0 Å². The van der Waals surface area contributed by atoms with Crippen LogP contribution in [0.25, 0.3) is 11.0 Å². The highest BCUT2D eigenvalue weighted by atomic mass is 16.1. The van der Waals surface area contributed by atoms with Gasteiger partial charge in [-0.25, -0.2) is 4.98 Å². The van der Waals surface area contributed by atoms with E-state index < -0.39 is 0 Å². The number of rotatable bonds is 6. The Balaban J connectivity index is 1.10. The second kappa shape index (κ2) is 6.40. The number of hydrogen-bond acceptors (Lipinski definition) is 2. The summed E-state index contributed by atoms with van der Waals surface area (Å²) in [5, 5.41) is 3.18. The molecule has 4 nitrogen and oxygen atoms in total. The molecule has 4 fully saturated rings. The molecule has 0 spiro atoms. The van der Waals surface area contributed by atoms with Crippen LogP contribution in [-0.2, 0) is 11.2 Å². The summed E-state index contributed by atoms with van der Waals surface area (Å²) in [6.07, 6.45) is 11.1. The SMILES string of the molecule is O=C(CCc1nc2ccccc2[nH]1)NCCC12CC3CC(CC(C3)C1)C2. The Labute approximate surface area is 155 Å². The van der Waals surface area contributed by atoms with Gasteiger partial charge in [0, 0.05) is 19.4 Å². The first-order chi connectivity index (χ1) is 12.7. The zero-order valence-corrected chi connectivity index (χ0v) is 15.5. The van der Waals surface area contributed by atoms with Crippen LogP contribution in [0.15, 0.2) is 24.3 Å². The summed E-state index contributed by atoms with van der Waals surface area (Å²) in [6.45, 7) is 0.852. The molecule has 0 saturated heterocycles. The van der Waals surface area contributed by atoms with Crippen molar-refractivity contribution in [3.63, 3.8) is 0 Å². The number of fused-ring (bicyclic) bond motifs is 1. The topological polar surface area (TPSA) is 57.8 Å². The number of nitrogens with zero attached hydrogens (tertiary/aromatic N) is 1. The van der Waals surface area contributed by atoms with Crippen molar-refractivity contribution < 1.29 is 4.79 Å². The maximum atomic E-state index is 12.3. The fourth-order valence-electron chi connectivity index (χ4n) is 6.51. The minimum atomic E-state index is 0.162. The van der Waals surface area contributed by atoms with Gasteiger partial charge in [0.25, 0.3) is 0 Å². The Morgan fingerprint density at radius 2 is 1.81 bits per heavy atom. The summed E-state index contributed by atoms with van der Waals surface area (Å²) in [4.78, 5) is 20.1. The number of para-hydroxylation sites is 2. The molecule has 4 saturated carbocycles. The maximum absolute atomic E-state index is 12.3. The third-order valence-corrected chi connectivity index (χ3v) is 7.17. The van der Waals surface area contributed by atoms with Crippen LogP contribution < -0.4 is 5.32 Å². The number of amides is 1. The summed E-state index contributed by atoms with van der Waals surface area (Å²) in [5.41, 5.74) is 2.58. The number of aromatic nitrogens is 2. The molecule has 0 atom stereocenters. The van der Waals surface area contributed by atoms with Gasteiger partial charge in [0.15, 0.2) is 0 Å². The predicted molar refractivity (Wildman–Crippen MR) is 103 cm³/mol. The molecular formula is C22H29N3O. The zero-order chi connectivity index (χ0) is 17.6. The quantitative estimate of drug-likeness (QED) is 0.819. The highest BCUT2D eigenvalue weighted by molar-refractivity contribution is 5.77. The van der Waals surface area contributed by atoms with Crippen LogP contribution in [0.2, 0.25) is 0 Å². The van der Waals surface area contributed by atoms with E-state index in [0.29, 0.717) is 18.3 Å². The molecule has 2 N–H and O–H groups in total. The molecule has 0 aliphatic heterocycles. The number of nitrogens with one attached hydrogen (secondary N) is 2. The van der Waals surface area contributed by atoms with Crippen molar-refractivity contribution in [1.29, 1.82) is 0 Å². The fraction of sp³-hybridized carbons (Fsp3) is 0.636. The molecule has 1 amide bonds. The van der Waals surface area contributed by atoms with Crippen molar-refractivity contribution in [2.24, 2.45) is 23.2 Å². The molecule has 4 heteroatoms. The van der Waals surface area contributed by atoms with Crippen molar-refractivity contribution in [2.45, 2.75) is 57.8 Å². The molecule has 4 bridgehead atoms. The lowest BCUT2D eigenvalue weighted by Crippen LogP contribution is -2.47. The number of carbonyl (C=O) groups is 1. The molecule has 4 aliphatic rings. The molecule has 4 aliphatic carbocycles. The molecule has 6 rings (SSSR count). The molecule has 0 unspecified atom stereocenters. The average Bonchev–Trinajstić information content (AvgIpc) is 3.01. The van der Waals surface area contributed by atoms with E-state index in [4.69, 9.17) is 0 Å². The Morgan fingerprint density at radius 3 is 2.50 bits per heavy atom. The monoisotopic (exact) mass is 351 g/mol. The van der Waals surface area contributed by atoms with Gasteiger partial charge in [-0.2, -0.15) is 0 Å². The summed E-state index contributed by atoms with van der Waals surface area (Å²) in [6, 6.07) is 8.02. The third kappa shape index (κ3) is 3.15. The standard InChI is InChI=1S/C22H29N3O/c26-21(6-5-20-24-18-3-1-2-4-19(18)25-20)23-8-7-22-12-15-9-16(13-22)11-17(10-15)14-22/h1-4,15-17H,5-14H2,(H,23,26)(H,24,25). The number of carbonyl (C=O) groups excluding carboxylic acids is 1. The fourth-order valence-corrected chi connectivity index (χ4v) is 6.51. The van der Waals surface area contributed by atoms with E-state index >= 15 is 0 Å². The maximum Gasteiger partial charge on any atom is 0.220 e. The summed E-state index contributed by atoms with van der Waals surface area (Å²) in [5.74, 6) is 4.04. The van der Waals surface area contributed by atoms with Crippen molar-refractivity contribution in [3.8, 4) is 0 Å². The molecule has 0 radical (unpaired) electrons. The number of hydrogen-bond donors (Lipinski definition) is 2. The Bertz CT molecular complexity index is 740. The van der Waals surface area contributed by atoms with Gasteiger partial charge in [-0.1, -0.05) is 12.1 Å². The first-order valence-electron chi connectivity index (χ1n) is 10.4. The molecular weight excluding hydrogens is 322 g/mol. The lowest BCUT2D eigenvalue weighted by atomic mass is 9.49. The smallest absolute Gasteiger partial charge is 0.220 e. The Morgan fingerprint density at radius 1 is 1.12 bits per heavy atom. The Kier molecular flexibility index (Phi) is 4.02. The van der Waals surface area contributed by atoms with Gasteiger partial charge in [-0.05, 0) is 80.2 Å². The van der Waals surface area contributed by atoms with Gasteiger partial charge in [0.05, 0.1) is 11.0 Å². The van der Waals surface area contributed by atoms with E-state index in [1.165, 1.54) is 44.9 Å². The van der Waals surface area contributed by atoms with E-state index in [2.05, 4.69) is 15.3 Å². The highest BCUT2D eigenvalue weighted by Crippen LogP contribution is 2.61. The average molecular weight is 351 g/mol. The van der Waals surface area contributed by atoms with Crippen LogP contribution in [0, 0.1) is 23.2 Å². The van der Waals surface area contributed by atoms with E-state index in [1.807, 2.05) is 24.3 Å². The summed E-state index contributed by atoms with van der Waals surface area (Å²) in [7, 11) is 0. The van der Waals surface area contributed by atoms with Gasteiger partial charge >= 0.3 is 0 Å². The van der Waals surface area contributed by atoms with Gasteiger partial charge in [-0.15, -0.1) is 0 Å². The zero-order valence-electron chi connectivity index (χ0n) is 15.5. The number of aromatic amines is 1. The summed E-state index contributed by atoms with van der Waals surface area (Å²) < 4.78 is 0. The van der Waals surface area contributed by atoms with Crippen molar-refractivity contribution in [1.82, 2.24) is 15.3 Å². The van der Waals surface area contributed by atoms with Gasteiger partial charge in [0.1, 0.15) is 5.82 Å². The highest BCUT2D eigenvalue weighted by Gasteiger charge is 2.50. The van der Waals surface area contributed by atoms with E-state index in [-0.39, 0.29) is 5.91 Å². The lowest BCUT2D eigenvalue weighted by molar-refractivity contribution is -0.121. The van der Waals surface area contributed by atoms with Gasteiger partial charge in [-0.3, -0.25) is 4.79 Å². The van der Waals surface area contributed by atoms with Crippen LogP contribution >= 0.6 is 0 Å². The second-order valence-corrected chi connectivity index (χ2v) is 9.22. The van der Waals surface area contributed by atoms with Crippen LogP contribution in [0.4, 0.5) is 0 Å². The van der Waals surface area contributed by atoms with E-state index in [0.717, 1.165) is 41.2 Å². The van der Waals surface area contributed by atoms with Crippen molar-refractivity contribution in [2.75, 3.05) is 6.54 Å². The van der Waals surface area contributed by atoms with E-state index in [1.54, 1.807) is 0 Å². The largest absolute Gasteiger partial charge is 0.356 e. The minimum Gasteiger partial charge on any atom is -0.356 e. The molecule has 1 aromatic carbocycles. The molecule has 1 aromatic heterocycles. The molecule has 2 aromatic rings. The first kappa shape index (κ1) is 16.3. The van der Waals surface area contributed by atoms with Gasteiger partial charge in [0.2, 0.25) is 5.91 Å². The van der Waals surface area contributed by atoms with Crippen LogP contribution in [-0.4, -0.2) is 22.4 Å². The normalized spacial score (nSPS) is 32.2. The van der Waals surface area contributed by atoms with Gasteiger partial charge < -0.3 is 10.3 Å². The Hall–Kier alpha value is -1.84. The van der Waals surface area contributed by atoms with Crippen molar-refractivity contribution >= 4 is 16.9 Å². The number of aryl methyl sites for hydroxylation is 1. The lowest BCUT2D eigenvalue weighted by Gasteiger charge is -2.57. The second-order valence-electron chi connectivity index (χ2n) is 9.22. The number of H-pyrrole nitrogens is 1. The molecule has 138 valence electrons. The molecule has 26 heavy (non-hydrogen) atoms. The third-order valence-electron chi connectivity index (χ3n) is 7.17. The number of imidazole rings is 1. The predicted octanol–water partition coefficient (Wildman–Crippen LogP) is 4.22. The van der Waals surface area contributed by atoms with E-state index in [9.17, 15) is 4.79 Å². The first-order valence-corrected chi connectivity index (χ1v) is 10.4.